The van der Waals surface area contributed by atoms with Crippen molar-refractivity contribution in [2.24, 2.45) is 0 Å². The molecule has 33 heavy (non-hydrogen) atoms. The molecule has 1 atom stereocenters. The highest BCUT2D eigenvalue weighted by Crippen LogP contribution is 2.33. The van der Waals surface area contributed by atoms with Gasteiger partial charge in [-0.25, -0.2) is 4.98 Å². The third-order valence-corrected chi connectivity index (χ3v) is 5.95. The first-order chi connectivity index (χ1) is 16.2. The van der Waals surface area contributed by atoms with Crippen molar-refractivity contribution in [3.05, 3.63) is 89.8 Å². The van der Waals surface area contributed by atoms with E-state index in [4.69, 9.17) is 13.7 Å². The number of hydrogen-bond donors (Lipinski definition) is 0. The van der Waals surface area contributed by atoms with Gasteiger partial charge in [-0.2, -0.15) is 0 Å². The lowest BCUT2D eigenvalue weighted by molar-refractivity contribution is 0.0528. The van der Waals surface area contributed by atoms with E-state index in [9.17, 15) is 4.79 Å². The maximum absolute atomic E-state index is 13.3. The van der Waals surface area contributed by atoms with Crippen LogP contribution in [0.15, 0.2) is 75.8 Å². The van der Waals surface area contributed by atoms with Crippen molar-refractivity contribution in [1.29, 1.82) is 0 Å². The topological polar surface area (TPSA) is 81.6 Å². The molecule has 2 aromatic heterocycles. The van der Waals surface area contributed by atoms with Gasteiger partial charge >= 0.3 is 0 Å². The molecule has 0 aliphatic carbocycles. The number of ether oxygens (including phenoxy) is 1. The van der Waals surface area contributed by atoms with Gasteiger partial charge in [0.2, 0.25) is 11.7 Å². The molecule has 168 valence electrons. The lowest BCUT2D eigenvalue weighted by Crippen LogP contribution is -2.38. The number of piperidine rings is 1. The number of amides is 1. The number of aromatic nitrogens is 2. The SMILES string of the molecule is COc1ccc(-c2cc(C(=O)N3CCCC[C@@H]3c3ncc(Cc4ccccc4)o3)on2)cc1. The molecule has 2 aromatic carbocycles. The average Bonchev–Trinajstić information content (AvgIpc) is 3.55. The molecule has 1 aliphatic rings. The lowest BCUT2D eigenvalue weighted by atomic mass is 10.0. The van der Waals surface area contributed by atoms with Crippen LogP contribution in [0.2, 0.25) is 0 Å². The molecule has 1 fully saturated rings. The minimum atomic E-state index is -0.217. The Morgan fingerprint density at radius 3 is 2.73 bits per heavy atom. The van der Waals surface area contributed by atoms with Crippen molar-refractivity contribution in [1.82, 2.24) is 15.0 Å². The molecular weight excluding hydrogens is 418 g/mol. The molecule has 1 aliphatic heterocycles. The summed E-state index contributed by atoms with van der Waals surface area (Å²) >= 11 is 0. The van der Waals surface area contributed by atoms with E-state index in [1.807, 2.05) is 42.5 Å². The van der Waals surface area contributed by atoms with Gasteiger partial charge in [-0.3, -0.25) is 4.79 Å². The van der Waals surface area contributed by atoms with Crippen molar-refractivity contribution >= 4 is 5.91 Å². The number of carbonyl (C=O) groups excluding carboxylic acids is 1. The third kappa shape index (κ3) is 4.53. The number of hydrogen-bond acceptors (Lipinski definition) is 6. The maximum Gasteiger partial charge on any atom is 0.293 e. The first-order valence-corrected chi connectivity index (χ1v) is 11.1. The fourth-order valence-electron chi connectivity index (χ4n) is 4.20. The largest absolute Gasteiger partial charge is 0.497 e. The van der Waals surface area contributed by atoms with Crippen LogP contribution in [0.5, 0.6) is 5.75 Å². The molecule has 1 amide bonds. The van der Waals surface area contributed by atoms with E-state index in [2.05, 4.69) is 22.3 Å². The summed E-state index contributed by atoms with van der Waals surface area (Å²) in [7, 11) is 1.62. The van der Waals surface area contributed by atoms with Crippen molar-refractivity contribution < 1.29 is 18.5 Å². The highest BCUT2D eigenvalue weighted by atomic mass is 16.5. The Bertz CT molecular complexity index is 1210. The number of benzene rings is 2. The Balaban J connectivity index is 1.33. The molecule has 0 saturated carbocycles. The van der Waals surface area contributed by atoms with Crippen LogP contribution in [0, 0.1) is 0 Å². The van der Waals surface area contributed by atoms with Gasteiger partial charge in [-0.1, -0.05) is 35.5 Å². The van der Waals surface area contributed by atoms with Crippen LogP contribution in [0.1, 0.15) is 53.1 Å². The van der Waals surface area contributed by atoms with Crippen molar-refractivity contribution in [3.8, 4) is 17.0 Å². The lowest BCUT2D eigenvalue weighted by Gasteiger charge is -2.32. The van der Waals surface area contributed by atoms with Crippen LogP contribution in [0.4, 0.5) is 0 Å². The van der Waals surface area contributed by atoms with Crippen molar-refractivity contribution in [3.63, 3.8) is 0 Å². The molecule has 3 heterocycles. The number of carbonyl (C=O) groups is 1. The Hall–Kier alpha value is -3.87. The molecular formula is C26H25N3O4. The Labute approximate surface area is 192 Å². The van der Waals surface area contributed by atoms with Gasteiger partial charge in [0.25, 0.3) is 5.91 Å². The van der Waals surface area contributed by atoms with Crippen LogP contribution in [0.3, 0.4) is 0 Å². The normalized spacial score (nSPS) is 16.0. The fraction of sp³-hybridized carbons (Fsp3) is 0.269. The number of nitrogens with zero attached hydrogens (tertiary/aromatic N) is 3. The summed E-state index contributed by atoms with van der Waals surface area (Å²) in [6.07, 6.45) is 5.17. The quantitative estimate of drug-likeness (QED) is 0.402. The molecule has 7 heteroatoms. The van der Waals surface area contributed by atoms with Gasteiger partial charge < -0.3 is 18.6 Å². The van der Waals surface area contributed by atoms with E-state index in [0.717, 1.165) is 41.9 Å². The number of oxazole rings is 1. The molecule has 0 N–H and O–H groups in total. The van der Waals surface area contributed by atoms with Crippen molar-refractivity contribution in [2.45, 2.75) is 31.7 Å². The third-order valence-electron chi connectivity index (χ3n) is 5.95. The maximum atomic E-state index is 13.3. The first-order valence-electron chi connectivity index (χ1n) is 11.1. The van der Waals surface area contributed by atoms with E-state index in [1.54, 1.807) is 24.3 Å². The Kier molecular flexibility index (Phi) is 5.93. The van der Waals surface area contributed by atoms with E-state index in [1.165, 1.54) is 0 Å². The first kappa shape index (κ1) is 21.0. The summed E-state index contributed by atoms with van der Waals surface area (Å²) in [5.74, 6) is 2.13. The summed E-state index contributed by atoms with van der Waals surface area (Å²) < 4.78 is 16.7. The van der Waals surface area contributed by atoms with Gasteiger partial charge in [-0.15, -0.1) is 0 Å². The zero-order valence-electron chi connectivity index (χ0n) is 18.4. The van der Waals surface area contributed by atoms with Crippen LogP contribution in [-0.4, -0.2) is 34.6 Å². The zero-order valence-corrected chi connectivity index (χ0v) is 18.4. The highest BCUT2D eigenvalue weighted by Gasteiger charge is 2.33. The van der Waals surface area contributed by atoms with Gasteiger partial charge in [0.1, 0.15) is 23.2 Å². The second-order valence-corrected chi connectivity index (χ2v) is 8.14. The number of rotatable bonds is 6. The average molecular weight is 444 g/mol. The molecule has 1 saturated heterocycles. The van der Waals surface area contributed by atoms with Crippen molar-refractivity contribution in [2.75, 3.05) is 13.7 Å². The van der Waals surface area contributed by atoms with Gasteiger partial charge in [-0.05, 0) is 49.1 Å². The molecule has 0 radical (unpaired) electrons. The molecule has 0 bridgehead atoms. The molecule has 5 rings (SSSR count). The zero-order chi connectivity index (χ0) is 22.6. The number of likely N-dealkylation sites (tertiary alicyclic amines) is 1. The monoisotopic (exact) mass is 443 g/mol. The fourth-order valence-corrected chi connectivity index (χ4v) is 4.20. The van der Waals surface area contributed by atoms with Gasteiger partial charge in [0, 0.05) is 24.6 Å². The summed E-state index contributed by atoms with van der Waals surface area (Å²) in [6, 6.07) is 19.1. The minimum absolute atomic E-state index is 0.199. The molecule has 7 nitrogen and oxygen atoms in total. The minimum Gasteiger partial charge on any atom is -0.497 e. The Morgan fingerprint density at radius 2 is 1.94 bits per heavy atom. The van der Waals surface area contributed by atoms with Gasteiger partial charge in [0.05, 0.1) is 13.3 Å². The second-order valence-electron chi connectivity index (χ2n) is 8.14. The summed E-state index contributed by atoms with van der Waals surface area (Å²) in [6.45, 7) is 0.623. The van der Waals surface area contributed by atoms with Crippen LogP contribution in [0.25, 0.3) is 11.3 Å². The molecule has 0 unspecified atom stereocenters. The predicted molar refractivity (Wildman–Crippen MR) is 122 cm³/mol. The smallest absolute Gasteiger partial charge is 0.293 e. The van der Waals surface area contributed by atoms with E-state index in [-0.39, 0.29) is 17.7 Å². The standard InChI is InChI=1S/C26H25N3O4/c1-31-20-12-10-19(11-13-20)22-16-24(33-28-22)26(30)29-14-6-5-9-23(29)25-27-17-21(32-25)15-18-7-3-2-4-8-18/h2-4,7-8,10-13,16-17,23H,5-6,9,14-15H2,1H3/t23-/m1/s1. The Morgan fingerprint density at radius 1 is 1.12 bits per heavy atom. The summed E-state index contributed by atoms with van der Waals surface area (Å²) in [5, 5.41) is 4.10. The number of methoxy groups -OCH3 is 1. The predicted octanol–water partition coefficient (Wildman–Crippen LogP) is 5.30. The van der Waals surface area contributed by atoms with Crippen LogP contribution in [-0.2, 0) is 6.42 Å². The van der Waals surface area contributed by atoms with Gasteiger partial charge in [0.15, 0.2) is 0 Å². The van der Waals surface area contributed by atoms with Crippen LogP contribution < -0.4 is 4.74 Å². The molecule has 4 aromatic rings. The van der Waals surface area contributed by atoms with E-state index >= 15 is 0 Å². The summed E-state index contributed by atoms with van der Waals surface area (Å²) in [4.78, 5) is 19.6. The van der Waals surface area contributed by atoms with Crippen LogP contribution >= 0.6 is 0 Å². The highest BCUT2D eigenvalue weighted by molar-refractivity contribution is 5.92. The van der Waals surface area contributed by atoms with E-state index in [0.29, 0.717) is 24.6 Å². The summed E-state index contributed by atoms with van der Waals surface area (Å²) in [5.41, 5.74) is 2.62. The molecule has 0 spiro atoms. The van der Waals surface area contributed by atoms with E-state index < -0.39 is 0 Å². The second kappa shape index (κ2) is 9.32.